The first kappa shape index (κ1) is 20.5. The molecule has 1 heterocycles. The Morgan fingerprint density at radius 2 is 1.63 bits per heavy atom. The molecule has 3 atom stereocenters. The van der Waals surface area contributed by atoms with E-state index in [0.717, 1.165) is 13.0 Å². The summed E-state index contributed by atoms with van der Waals surface area (Å²) >= 11 is 0. The number of carbonyl (C=O) groups excluding carboxylic acids is 1. The van der Waals surface area contributed by atoms with E-state index in [4.69, 9.17) is 0 Å². The fourth-order valence-corrected chi connectivity index (χ4v) is 4.23. The summed E-state index contributed by atoms with van der Waals surface area (Å²) in [6, 6.07) is 25.4. The number of nitrogens with zero attached hydrogens (tertiary/aromatic N) is 2. The second kappa shape index (κ2) is 8.91. The first-order valence-electron chi connectivity index (χ1n) is 11.1. The second-order valence-corrected chi connectivity index (χ2v) is 8.92. The van der Waals surface area contributed by atoms with Crippen molar-refractivity contribution in [2.45, 2.75) is 52.2 Å². The van der Waals surface area contributed by atoms with E-state index in [9.17, 15) is 4.79 Å². The van der Waals surface area contributed by atoms with Gasteiger partial charge in [-0.15, -0.1) is 0 Å². The fourth-order valence-electron chi connectivity index (χ4n) is 4.23. The molecule has 1 saturated carbocycles. The average molecular weight is 401 g/mol. The SMILES string of the molecule is CC(C)[C@@H](C)N(Cc1cccn1Cc1ccccc1)C(=O)[C@@H]1C[C@@H]1c1ccccc1. The van der Waals surface area contributed by atoms with Crippen molar-refractivity contribution in [1.82, 2.24) is 9.47 Å². The molecular formula is C27H32N2O. The van der Waals surface area contributed by atoms with E-state index < -0.39 is 0 Å². The average Bonchev–Trinajstić information content (AvgIpc) is 3.46. The summed E-state index contributed by atoms with van der Waals surface area (Å²) < 4.78 is 2.27. The largest absolute Gasteiger partial charge is 0.345 e. The van der Waals surface area contributed by atoms with Crippen molar-refractivity contribution in [2.75, 3.05) is 0 Å². The van der Waals surface area contributed by atoms with Gasteiger partial charge in [0.2, 0.25) is 5.91 Å². The molecule has 1 aliphatic carbocycles. The Morgan fingerprint density at radius 1 is 0.967 bits per heavy atom. The Hall–Kier alpha value is -2.81. The normalized spacial score (nSPS) is 18.9. The van der Waals surface area contributed by atoms with Gasteiger partial charge >= 0.3 is 0 Å². The van der Waals surface area contributed by atoms with Crippen LogP contribution in [0.2, 0.25) is 0 Å². The third kappa shape index (κ3) is 4.51. The maximum atomic E-state index is 13.5. The van der Waals surface area contributed by atoms with Crippen molar-refractivity contribution in [3.63, 3.8) is 0 Å². The smallest absolute Gasteiger partial charge is 0.226 e. The van der Waals surface area contributed by atoms with Gasteiger partial charge in [0.1, 0.15) is 0 Å². The molecule has 0 aliphatic heterocycles. The Bertz CT molecular complexity index is 961. The van der Waals surface area contributed by atoms with Crippen molar-refractivity contribution < 1.29 is 4.79 Å². The summed E-state index contributed by atoms with van der Waals surface area (Å²) in [7, 11) is 0. The van der Waals surface area contributed by atoms with Crippen LogP contribution in [-0.4, -0.2) is 21.4 Å². The maximum absolute atomic E-state index is 13.5. The van der Waals surface area contributed by atoms with Crippen LogP contribution in [0, 0.1) is 11.8 Å². The highest BCUT2D eigenvalue weighted by Crippen LogP contribution is 2.48. The molecule has 0 saturated heterocycles. The molecule has 1 amide bonds. The molecule has 3 aromatic rings. The van der Waals surface area contributed by atoms with E-state index in [2.05, 4.69) is 97.1 Å². The zero-order valence-corrected chi connectivity index (χ0v) is 18.2. The van der Waals surface area contributed by atoms with Crippen LogP contribution >= 0.6 is 0 Å². The van der Waals surface area contributed by atoms with Crippen LogP contribution < -0.4 is 0 Å². The van der Waals surface area contributed by atoms with Gasteiger partial charge in [-0.1, -0.05) is 74.5 Å². The minimum Gasteiger partial charge on any atom is -0.345 e. The van der Waals surface area contributed by atoms with Crippen LogP contribution in [0.3, 0.4) is 0 Å². The zero-order chi connectivity index (χ0) is 21.1. The predicted octanol–water partition coefficient (Wildman–Crippen LogP) is 5.71. The molecule has 0 unspecified atom stereocenters. The van der Waals surface area contributed by atoms with Gasteiger partial charge in [-0.25, -0.2) is 0 Å². The molecule has 30 heavy (non-hydrogen) atoms. The number of amides is 1. The molecule has 0 radical (unpaired) electrons. The molecule has 0 bridgehead atoms. The Balaban J connectivity index is 1.52. The lowest BCUT2D eigenvalue weighted by atomic mass is 10.0. The van der Waals surface area contributed by atoms with Gasteiger partial charge in [-0.05, 0) is 48.4 Å². The Kier molecular flexibility index (Phi) is 6.08. The van der Waals surface area contributed by atoms with Crippen LogP contribution in [0.25, 0.3) is 0 Å². The number of hydrogen-bond acceptors (Lipinski definition) is 1. The lowest BCUT2D eigenvalue weighted by molar-refractivity contribution is -0.136. The highest BCUT2D eigenvalue weighted by Gasteiger charge is 2.46. The second-order valence-electron chi connectivity index (χ2n) is 8.92. The molecule has 4 rings (SSSR count). The Labute approximate surface area is 180 Å². The third-order valence-electron chi connectivity index (χ3n) is 6.53. The summed E-state index contributed by atoms with van der Waals surface area (Å²) in [5, 5.41) is 0. The molecule has 1 aromatic heterocycles. The summed E-state index contributed by atoms with van der Waals surface area (Å²) in [5.41, 5.74) is 3.76. The van der Waals surface area contributed by atoms with Gasteiger partial charge in [-0.2, -0.15) is 0 Å². The van der Waals surface area contributed by atoms with Crippen molar-refractivity contribution >= 4 is 5.91 Å². The summed E-state index contributed by atoms with van der Waals surface area (Å²) in [6.45, 7) is 8.09. The Morgan fingerprint density at radius 3 is 2.30 bits per heavy atom. The van der Waals surface area contributed by atoms with Gasteiger partial charge in [0.05, 0.1) is 6.54 Å². The van der Waals surface area contributed by atoms with Gasteiger partial charge in [0.25, 0.3) is 0 Å². The first-order valence-corrected chi connectivity index (χ1v) is 11.1. The third-order valence-corrected chi connectivity index (χ3v) is 6.53. The number of rotatable bonds is 8. The quantitative estimate of drug-likeness (QED) is 0.475. The number of carbonyl (C=O) groups is 1. The van der Waals surface area contributed by atoms with Crippen molar-refractivity contribution in [1.29, 1.82) is 0 Å². The lowest BCUT2D eigenvalue weighted by Gasteiger charge is -2.32. The summed E-state index contributed by atoms with van der Waals surface area (Å²) in [6.07, 6.45) is 3.09. The summed E-state index contributed by atoms with van der Waals surface area (Å²) in [5.74, 6) is 1.21. The number of benzene rings is 2. The van der Waals surface area contributed by atoms with Crippen molar-refractivity contribution in [3.8, 4) is 0 Å². The summed E-state index contributed by atoms with van der Waals surface area (Å²) in [4.78, 5) is 15.7. The molecule has 0 N–H and O–H groups in total. The van der Waals surface area contributed by atoms with Crippen LogP contribution in [0.1, 0.15) is 49.9 Å². The van der Waals surface area contributed by atoms with Gasteiger partial charge < -0.3 is 9.47 Å². The standard InChI is InChI=1S/C27H32N2O/c1-20(2)21(3)29(27(30)26-17-25(26)23-13-8-5-9-14-23)19-24-15-10-16-28(24)18-22-11-6-4-7-12-22/h4-16,20-21,25-26H,17-19H2,1-3H3/t21-,25-,26-/m1/s1. The van der Waals surface area contributed by atoms with E-state index in [0.29, 0.717) is 24.3 Å². The predicted molar refractivity (Wildman–Crippen MR) is 122 cm³/mol. The van der Waals surface area contributed by atoms with E-state index >= 15 is 0 Å². The monoisotopic (exact) mass is 400 g/mol. The first-order chi connectivity index (χ1) is 14.5. The lowest BCUT2D eigenvalue weighted by Crippen LogP contribution is -2.42. The molecule has 1 aliphatic rings. The molecule has 156 valence electrons. The minimum absolute atomic E-state index is 0.117. The van der Waals surface area contributed by atoms with Gasteiger partial charge in [0.15, 0.2) is 0 Å². The highest BCUT2D eigenvalue weighted by molar-refractivity contribution is 5.83. The van der Waals surface area contributed by atoms with Crippen molar-refractivity contribution in [2.24, 2.45) is 11.8 Å². The topological polar surface area (TPSA) is 25.2 Å². The number of hydrogen-bond donors (Lipinski definition) is 0. The molecule has 3 heteroatoms. The van der Waals surface area contributed by atoms with Crippen LogP contribution in [0.15, 0.2) is 79.0 Å². The van der Waals surface area contributed by atoms with E-state index in [1.807, 2.05) is 12.1 Å². The van der Waals surface area contributed by atoms with E-state index in [1.54, 1.807) is 0 Å². The maximum Gasteiger partial charge on any atom is 0.226 e. The molecule has 2 aromatic carbocycles. The molecule has 1 fully saturated rings. The molecule has 0 spiro atoms. The van der Waals surface area contributed by atoms with Crippen molar-refractivity contribution in [3.05, 3.63) is 95.8 Å². The highest BCUT2D eigenvalue weighted by atomic mass is 16.2. The minimum atomic E-state index is 0.117. The van der Waals surface area contributed by atoms with E-state index in [1.165, 1.54) is 16.8 Å². The van der Waals surface area contributed by atoms with Crippen LogP contribution in [0.4, 0.5) is 0 Å². The van der Waals surface area contributed by atoms with Crippen LogP contribution in [-0.2, 0) is 17.9 Å². The van der Waals surface area contributed by atoms with E-state index in [-0.39, 0.29) is 12.0 Å². The fraction of sp³-hybridized carbons (Fsp3) is 0.370. The van der Waals surface area contributed by atoms with Crippen LogP contribution in [0.5, 0.6) is 0 Å². The number of aromatic nitrogens is 1. The van der Waals surface area contributed by atoms with Gasteiger partial charge in [0, 0.05) is 30.4 Å². The molecule has 3 nitrogen and oxygen atoms in total. The molecular weight excluding hydrogens is 368 g/mol. The van der Waals surface area contributed by atoms with Gasteiger partial charge in [-0.3, -0.25) is 4.79 Å². The zero-order valence-electron chi connectivity index (χ0n) is 18.2.